The summed E-state index contributed by atoms with van der Waals surface area (Å²) in [5, 5.41) is 3.70. The lowest BCUT2D eigenvalue weighted by atomic mass is 9.96. The van der Waals surface area contributed by atoms with Gasteiger partial charge >= 0.3 is 0 Å². The van der Waals surface area contributed by atoms with Crippen molar-refractivity contribution in [2.75, 3.05) is 20.3 Å². The van der Waals surface area contributed by atoms with Crippen molar-refractivity contribution >= 4 is 5.91 Å². The van der Waals surface area contributed by atoms with Gasteiger partial charge in [-0.3, -0.25) is 4.79 Å². The van der Waals surface area contributed by atoms with Gasteiger partial charge in [0.15, 0.2) is 0 Å². The maximum absolute atomic E-state index is 12.2. The van der Waals surface area contributed by atoms with Crippen LogP contribution in [0.2, 0.25) is 0 Å². The Labute approximate surface area is 136 Å². The molecule has 0 aliphatic carbocycles. The Kier molecular flexibility index (Phi) is 3.89. The number of hydrogen-bond acceptors (Lipinski definition) is 4. The van der Waals surface area contributed by atoms with Crippen molar-refractivity contribution < 1.29 is 14.3 Å². The molecule has 0 aromatic heterocycles. The fraction of sp³-hybridized carbons (Fsp3) is 0.611. The highest BCUT2D eigenvalue weighted by Crippen LogP contribution is 2.31. The van der Waals surface area contributed by atoms with Gasteiger partial charge in [-0.05, 0) is 49.4 Å². The molecule has 3 atom stereocenters. The molecule has 0 spiro atoms. The molecule has 0 saturated carbocycles. The monoisotopic (exact) mass is 316 g/mol. The average molecular weight is 316 g/mol. The third-order valence-corrected chi connectivity index (χ3v) is 5.35. The third kappa shape index (κ3) is 2.78. The smallest absolute Gasteiger partial charge is 0.224 e. The number of methoxy groups -OCH3 is 1. The van der Waals surface area contributed by atoms with Crippen molar-refractivity contribution in [1.29, 1.82) is 0 Å². The SMILES string of the molecule is COc1ccc2c(c1)C[C@H](N[C@@H]1CC(=O)N3CCCC[C@@H]13)CO2. The summed E-state index contributed by atoms with van der Waals surface area (Å²) in [6, 6.07) is 6.87. The summed E-state index contributed by atoms with van der Waals surface area (Å²) in [5.41, 5.74) is 1.18. The molecule has 3 heterocycles. The Morgan fingerprint density at radius 1 is 1.30 bits per heavy atom. The Bertz CT molecular complexity index is 604. The summed E-state index contributed by atoms with van der Waals surface area (Å²) in [7, 11) is 1.68. The Balaban J connectivity index is 1.44. The second-order valence-electron chi connectivity index (χ2n) is 6.81. The number of hydrogen-bond donors (Lipinski definition) is 1. The van der Waals surface area contributed by atoms with Crippen LogP contribution < -0.4 is 14.8 Å². The van der Waals surface area contributed by atoms with Crippen LogP contribution in [0.25, 0.3) is 0 Å². The zero-order chi connectivity index (χ0) is 15.8. The molecule has 1 aromatic rings. The molecule has 0 bridgehead atoms. The zero-order valence-electron chi connectivity index (χ0n) is 13.6. The number of piperidine rings is 1. The fourth-order valence-corrected chi connectivity index (χ4v) is 4.20. The van der Waals surface area contributed by atoms with Gasteiger partial charge in [0, 0.05) is 31.1 Å². The summed E-state index contributed by atoms with van der Waals surface area (Å²) in [6.07, 6.45) is 5.06. The molecular weight excluding hydrogens is 292 g/mol. The number of nitrogens with zero attached hydrogens (tertiary/aromatic N) is 1. The normalized spacial score (nSPS) is 29.7. The van der Waals surface area contributed by atoms with Crippen LogP contribution in [0, 0.1) is 0 Å². The molecule has 1 aromatic carbocycles. The van der Waals surface area contributed by atoms with E-state index in [9.17, 15) is 4.79 Å². The Morgan fingerprint density at radius 3 is 3.09 bits per heavy atom. The number of amides is 1. The van der Waals surface area contributed by atoms with E-state index in [1.807, 2.05) is 12.1 Å². The van der Waals surface area contributed by atoms with E-state index in [2.05, 4.69) is 16.3 Å². The maximum Gasteiger partial charge on any atom is 0.224 e. The van der Waals surface area contributed by atoms with Crippen molar-refractivity contribution in [2.24, 2.45) is 0 Å². The van der Waals surface area contributed by atoms with Crippen LogP contribution in [0.3, 0.4) is 0 Å². The highest BCUT2D eigenvalue weighted by atomic mass is 16.5. The minimum absolute atomic E-state index is 0.259. The standard InChI is InChI=1S/C18H24N2O3/c1-22-14-5-6-17-12(9-14)8-13(11-23-17)19-15-10-18(21)20-7-3-2-4-16(15)20/h5-6,9,13,15-16,19H,2-4,7-8,10-11H2,1H3/t13-,15+,16-/m0/s1. The van der Waals surface area contributed by atoms with Crippen LogP contribution in [0.15, 0.2) is 18.2 Å². The molecule has 1 N–H and O–H groups in total. The summed E-state index contributed by atoms with van der Waals surface area (Å²) >= 11 is 0. The van der Waals surface area contributed by atoms with E-state index in [4.69, 9.17) is 9.47 Å². The predicted octanol–water partition coefficient (Wildman–Crippen LogP) is 1.74. The van der Waals surface area contributed by atoms with E-state index in [1.165, 1.54) is 12.0 Å². The van der Waals surface area contributed by atoms with E-state index in [1.54, 1.807) is 7.11 Å². The molecule has 2 fully saturated rings. The maximum atomic E-state index is 12.2. The van der Waals surface area contributed by atoms with Gasteiger partial charge in [0.1, 0.15) is 18.1 Å². The molecule has 23 heavy (non-hydrogen) atoms. The highest BCUT2D eigenvalue weighted by molar-refractivity contribution is 5.80. The van der Waals surface area contributed by atoms with Crippen LogP contribution in [-0.4, -0.2) is 49.2 Å². The molecule has 2 saturated heterocycles. The van der Waals surface area contributed by atoms with Crippen molar-refractivity contribution in [3.63, 3.8) is 0 Å². The molecule has 3 aliphatic rings. The van der Waals surface area contributed by atoms with Gasteiger partial charge in [0.25, 0.3) is 0 Å². The Morgan fingerprint density at radius 2 is 2.22 bits per heavy atom. The summed E-state index contributed by atoms with van der Waals surface area (Å²) in [6.45, 7) is 1.60. The molecule has 4 rings (SSSR count). The molecule has 0 radical (unpaired) electrons. The molecular formula is C18H24N2O3. The number of carbonyl (C=O) groups excluding carboxylic acids is 1. The lowest BCUT2D eigenvalue weighted by Gasteiger charge is -2.35. The largest absolute Gasteiger partial charge is 0.497 e. The van der Waals surface area contributed by atoms with E-state index >= 15 is 0 Å². The molecule has 3 aliphatic heterocycles. The number of fused-ring (bicyclic) bond motifs is 2. The second kappa shape index (κ2) is 6.04. The van der Waals surface area contributed by atoms with E-state index in [0.29, 0.717) is 25.0 Å². The summed E-state index contributed by atoms with van der Waals surface area (Å²) in [4.78, 5) is 14.3. The minimum Gasteiger partial charge on any atom is -0.497 e. The minimum atomic E-state index is 0.259. The average Bonchev–Trinajstić information content (AvgIpc) is 2.90. The first-order valence-corrected chi connectivity index (χ1v) is 8.60. The van der Waals surface area contributed by atoms with Crippen LogP contribution >= 0.6 is 0 Å². The number of benzene rings is 1. The quantitative estimate of drug-likeness (QED) is 0.923. The third-order valence-electron chi connectivity index (χ3n) is 5.35. The fourth-order valence-electron chi connectivity index (χ4n) is 4.20. The van der Waals surface area contributed by atoms with Gasteiger partial charge in [-0.2, -0.15) is 0 Å². The number of ether oxygens (including phenoxy) is 2. The van der Waals surface area contributed by atoms with Crippen molar-refractivity contribution in [3.05, 3.63) is 23.8 Å². The summed E-state index contributed by atoms with van der Waals surface area (Å²) < 4.78 is 11.2. The van der Waals surface area contributed by atoms with Crippen LogP contribution in [0.5, 0.6) is 11.5 Å². The van der Waals surface area contributed by atoms with Gasteiger partial charge in [0.05, 0.1) is 7.11 Å². The van der Waals surface area contributed by atoms with Crippen LogP contribution in [0.1, 0.15) is 31.2 Å². The predicted molar refractivity (Wildman–Crippen MR) is 86.9 cm³/mol. The Hall–Kier alpha value is -1.75. The van der Waals surface area contributed by atoms with E-state index < -0.39 is 0 Å². The van der Waals surface area contributed by atoms with Gasteiger partial charge in [-0.1, -0.05) is 0 Å². The van der Waals surface area contributed by atoms with Crippen LogP contribution in [-0.2, 0) is 11.2 Å². The molecule has 124 valence electrons. The topological polar surface area (TPSA) is 50.8 Å². The lowest BCUT2D eigenvalue weighted by Crippen LogP contribution is -2.51. The van der Waals surface area contributed by atoms with Gasteiger partial charge in [-0.15, -0.1) is 0 Å². The van der Waals surface area contributed by atoms with Crippen molar-refractivity contribution in [3.8, 4) is 11.5 Å². The lowest BCUT2D eigenvalue weighted by molar-refractivity contribution is -0.129. The first-order chi connectivity index (χ1) is 11.2. The van der Waals surface area contributed by atoms with Gasteiger partial charge in [-0.25, -0.2) is 0 Å². The summed E-state index contributed by atoms with van der Waals surface area (Å²) in [5.74, 6) is 2.12. The van der Waals surface area contributed by atoms with E-state index in [0.717, 1.165) is 37.3 Å². The number of nitrogens with one attached hydrogen (secondary N) is 1. The molecule has 0 unspecified atom stereocenters. The van der Waals surface area contributed by atoms with E-state index in [-0.39, 0.29) is 12.1 Å². The van der Waals surface area contributed by atoms with Crippen molar-refractivity contribution in [2.45, 2.75) is 50.2 Å². The van der Waals surface area contributed by atoms with Crippen molar-refractivity contribution in [1.82, 2.24) is 10.2 Å². The zero-order valence-corrected chi connectivity index (χ0v) is 13.6. The van der Waals surface area contributed by atoms with Gasteiger partial charge < -0.3 is 19.7 Å². The highest BCUT2D eigenvalue weighted by Gasteiger charge is 2.41. The van der Waals surface area contributed by atoms with Crippen LogP contribution in [0.4, 0.5) is 0 Å². The van der Waals surface area contributed by atoms with Gasteiger partial charge in [0.2, 0.25) is 5.91 Å². The first kappa shape index (κ1) is 14.8. The number of rotatable bonds is 3. The molecule has 1 amide bonds. The molecule has 5 heteroatoms. The number of carbonyl (C=O) groups is 1. The molecule has 5 nitrogen and oxygen atoms in total. The first-order valence-electron chi connectivity index (χ1n) is 8.60. The second-order valence-corrected chi connectivity index (χ2v) is 6.81.